The molecule has 2 rings (SSSR count). The van der Waals surface area contributed by atoms with E-state index in [-0.39, 0.29) is 5.02 Å². The number of pyridine rings is 1. The summed E-state index contributed by atoms with van der Waals surface area (Å²) in [6.07, 6.45) is 3.35. The van der Waals surface area contributed by atoms with Gasteiger partial charge in [0.25, 0.3) is 0 Å². The zero-order valence-electron chi connectivity index (χ0n) is 7.74. The molecule has 0 aliphatic rings. The normalized spacial score (nSPS) is 10.0. The molecule has 0 spiro atoms. The Hall–Kier alpha value is -1.61. The van der Waals surface area contributed by atoms with Gasteiger partial charge in [-0.1, -0.05) is 11.6 Å². The molecule has 0 radical (unpaired) electrons. The quantitative estimate of drug-likeness (QED) is 0.840. The molecule has 76 valence electrons. The van der Waals surface area contributed by atoms with Gasteiger partial charge < -0.3 is 5.32 Å². The van der Waals surface area contributed by atoms with Crippen molar-refractivity contribution in [3.8, 4) is 0 Å². The highest BCUT2D eigenvalue weighted by molar-refractivity contribution is 6.31. The third-order valence-corrected chi connectivity index (χ3v) is 2.18. The van der Waals surface area contributed by atoms with Gasteiger partial charge in [0.15, 0.2) is 0 Å². The maximum absolute atomic E-state index is 12.9. The molecule has 1 N–H and O–H groups in total. The smallest absolute Gasteiger partial charge is 0.141 e. The van der Waals surface area contributed by atoms with Gasteiger partial charge in [-0.15, -0.1) is 0 Å². The van der Waals surface area contributed by atoms with E-state index in [9.17, 15) is 4.39 Å². The van der Waals surface area contributed by atoms with Crippen molar-refractivity contribution in [1.82, 2.24) is 4.98 Å². The van der Waals surface area contributed by atoms with Crippen LogP contribution in [0.15, 0.2) is 42.7 Å². The number of aromatic nitrogens is 1. The van der Waals surface area contributed by atoms with Crippen LogP contribution in [0.1, 0.15) is 0 Å². The monoisotopic (exact) mass is 222 g/mol. The van der Waals surface area contributed by atoms with Crippen LogP contribution in [0.25, 0.3) is 0 Å². The third-order valence-electron chi connectivity index (χ3n) is 1.89. The SMILES string of the molecule is Fc1ccc(Nc2ccncc2)cc1Cl. The van der Waals surface area contributed by atoms with Gasteiger partial charge in [0.2, 0.25) is 0 Å². The number of rotatable bonds is 2. The summed E-state index contributed by atoms with van der Waals surface area (Å²) in [5, 5.41) is 3.19. The fraction of sp³-hybridized carbons (Fsp3) is 0. The van der Waals surface area contributed by atoms with Crippen molar-refractivity contribution < 1.29 is 4.39 Å². The van der Waals surface area contributed by atoms with Gasteiger partial charge in [0.05, 0.1) is 5.02 Å². The van der Waals surface area contributed by atoms with Crippen LogP contribution in [-0.4, -0.2) is 4.98 Å². The van der Waals surface area contributed by atoms with Crippen molar-refractivity contribution in [2.24, 2.45) is 0 Å². The summed E-state index contributed by atoms with van der Waals surface area (Å²) in [7, 11) is 0. The highest BCUT2D eigenvalue weighted by Crippen LogP contribution is 2.22. The first kappa shape index (κ1) is 9.93. The van der Waals surface area contributed by atoms with Crippen molar-refractivity contribution in [1.29, 1.82) is 0 Å². The molecular formula is C11H8ClFN2. The molecule has 0 saturated carbocycles. The van der Waals surface area contributed by atoms with Crippen molar-refractivity contribution >= 4 is 23.0 Å². The topological polar surface area (TPSA) is 24.9 Å². The maximum atomic E-state index is 12.9. The second kappa shape index (κ2) is 4.28. The molecule has 1 heterocycles. The Balaban J connectivity index is 2.22. The number of hydrogen-bond donors (Lipinski definition) is 1. The molecule has 2 nitrogen and oxygen atoms in total. The van der Waals surface area contributed by atoms with Gasteiger partial charge in [0, 0.05) is 23.8 Å². The molecule has 1 aromatic heterocycles. The molecule has 1 aromatic carbocycles. The minimum absolute atomic E-state index is 0.106. The van der Waals surface area contributed by atoms with E-state index in [0.29, 0.717) is 0 Å². The molecule has 0 atom stereocenters. The van der Waals surface area contributed by atoms with E-state index in [1.807, 2.05) is 12.1 Å². The lowest BCUT2D eigenvalue weighted by atomic mass is 10.3. The largest absolute Gasteiger partial charge is 0.355 e. The Morgan fingerprint density at radius 2 is 1.80 bits per heavy atom. The molecular weight excluding hydrogens is 215 g/mol. The molecule has 0 aliphatic heterocycles. The summed E-state index contributed by atoms with van der Waals surface area (Å²) in [6, 6.07) is 8.12. The first-order valence-electron chi connectivity index (χ1n) is 4.38. The van der Waals surface area contributed by atoms with Crippen LogP contribution in [-0.2, 0) is 0 Å². The number of anilines is 2. The van der Waals surface area contributed by atoms with Gasteiger partial charge in [0.1, 0.15) is 5.82 Å². The van der Waals surface area contributed by atoms with E-state index in [1.165, 1.54) is 12.1 Å². The average molecular weight is 223 g/mol. The van der Waals surface area contributed by atoms with E-state index in [2.05, 4.69) is 10.3 Å². The van der Waals surface area contributed by atoms with Crippen LogP contribution < -0.4 is 5.32 Å². The summed E-state index contributed by atoms with van der Waals surface area (Å²) >= 11 is 5.65. The Bertz CT molecular complexity index is 459. The van der Waals surface area contributed by atoms with Gasteiger partial charge in [-0.2, -0.15) is 0 Å². The number of hydrogen-bond acceptors (Lipinski definition) is 2. The second-order valence-electron chi connectivity index (χ2n) is 2.99. The highest BCUT2D eigenvalue weighted by Gasteiger charge is 2.00. The van der Waals surface area contributed by atoms with Gasteiger partial charge in [-0.25, -0.2) is 4.39 Å². The van der Waals surface area contributed by atoms with Crippen molar-refractivity contribution in [3.63, 3.8) is 0 Å². The lowest BCUT2D eigenvalue weighted by Crippen LogP contribution is -1.90. The zero-order valence-corrected chi connectivity index (χ0v) is 8.50. The van der Waals surface area contributed by atoms with E-state index in [0.717, 1.165) is 11.4 Å². The summed E-state index contributed by atoms with van der Waals surface area (Å²) in [5.41, 5.74) is 1.63. The Morgan fingerprint density at radius 3 is 2.47 bits per heavy atom. The van der Waals surface area contributed by atoms with Crippen LogP contribution in [0.5, 0.6) is 0 Å². The Morgan fingerprint density at radius 1 is 1.07 bits per heavy atom. The third kappa shape index (κ3) is 2.44. The van der Waals surface area contributed by atoms with Gasteiger partial charge in [-0.05, 0) is 30.3 Å². The van der Waals surface area contributed by atoms with Gasteiger partial charge >= 0.3 is 0 Å². The number of benzene rings is 1. The van der Waals surface area contributed by atoms with E-state index in [1.54, 1.807) is 18.5 Å². The zero-order chi connectivity index (χ0) is 10.7. The molecule has 0 bridgehead atoms. The standard InChI is InChI=1S/C11H8ClFN2/c12-10-7-9(1-2-11(10)13)15-8-3-5-14-6-4-8/h1-7H,(H,14,15). The van der Waals surface area contributed by atoms with E-state index in [4.69, 9.17) is 11.6 Å². The van der Waals surface area contributed by atoms with Crippen LogP contribution in [0.3, 0.4) is 0 Å². The highest BCUT2D eigenvalue weighted by atomic mass is 35.5. The molecule has 4 heteroatoms. The minimum Gasteiger partial charge on any atom is -0.355 e. The lowest BCUT2D eigenvalue weighted by Gasteiger charge is -2.06. The lowest BCUT2D eigenvalue weighted by molar-refractivity contribution is 0.628. The number of halogens is 2. The van der Waals surface area contributed by atoms with Crippen LogP contribution >= 0.6 is 11.6 Å². The fourth-order valence-electron chi connectivity index (χ4n) is 1.18. The molecule has 2 aromatic rings. The predicted octanol–water partition coefficient (Wildman–Crippen LogP) is 3.62. The van der Waals surface area contributed by atoms with E-state index >= 15 is 0 Å². The summed E-state index contributed by atoms with van der Waals surface area (Å²) in [5.74, 6) is -0.419. The molecule has 0 amide bonds. The molecule has 0 saturated heterocycles. The summed E-state index contributed by atoms with van der Waals surface area (Å²) < 4.78 is 12.9. The summed E-state index contributed by atoms with van der Waals surface area (Å²) in [4.78, 5) is 3.89. The van der Waals surface area contributed by atoms with Crippen LogP contribution in [0.2, 0.25) is 5.02 Å². The predicted molar refractivity (Wildman–Crippen MR) is 58.9 cm³/mol. The summed E-state index contributed by atoms with van der Waals surface area (Å²) in [6.45, 7) is 0. The first-order chi connectivity index (χ1) is 7.25. The fourth-order valence-corrected chi connectivity index (χ4v) is 1.36. The van der Waals surface area contributed by atoms with Crippen LogP contribution in [0.4, 0.5) is 15.8 Å². The molecule has 0 aliphatic carbocycles. The molecule has 0 unspecified atom stereocenters. The van der Waals surface area contributed by atoms with Crippen molar-refractivity contribution in [3.05, 3.63) is 53.6 Å². The molecule has 0 fully saturated rings. The number of nitrogens with zero attached hydrogens (tertiary/aromatic N) is 1. The molecule has 15 heavy (non-hydrogen) atoms. The first-order valence-corrected chi connectivity index (χ1v) is 4.75. The van der Waals surface area contributed by atoms with Crippen molar-refractivity contribution in [2.45, 2.75) is 0 Å². The minimum atomic E-state index is -0.419. The van der Waals surface area contributed by atoms with E-state index < -0.39 is 5.82 Å². The van der Waals surface area contributed by atoms with Crippen LogP contribution in [0, 0.1) is 5.82 Å². The Labute approximate surface area is 91.7 Å². The van der Waals surface area contributed by atoms with Gasteiger partial charge in [-0.3, -0.25) is 4.98 Å². The number of nitrogens with one attached hydrogen (secondary N) is 1. The average Bonchev–Trinajstić information content (AvgIpc) is 2.25. The second-order valence-corrected chi connectivity index (χ2v) is 3.40. The van der Waals surface area contributed by atoms with Crippen molar-refractivity contribution in [2.75, 3.05) is 5.32 Å². The maximum Gasteiger partial charge on any atom is 0.141 e. The Kier molecular flexibility index (Phi) is 2.83.